The fraction of sp³-hybridized carbons (Fsp3) is 0.200. The van der Waals surface area contributed by atoms with Crippen LogP contribution in [-0.2, 0) is 4.79 Å². The van der Waals surface area contributed by atoms with Gasteiger partial charge < -0.3 is 4.52 Å². The molecular weight excluding hydrogens is 320 g/mol. The largest absolute Gasteiger partial charge is 0.338 e. The highest BCUT2D eigenvalue weighted by atomic mass is 79.9. The van der Waals surface area contributed by atoms with Crippen molar-refractivity contribution in [2.24, 2.45) is 5.92 Å². The second-order valence-corrected chi connectivity index (χ2v) is 5.68. The number of halogens is 1. The summed E-state index contributed by atoms with van der Waals surface area (Å²) < 4.78 is 6.31. The first-order valence-corrected chi connectivity index (χ1v) is 7.12. The molecule has 1 atom stereocenters. The summed E-state index contributed by atoms with van der Waals surface area (Å²) in [7, 11) is 0. The van der Waals surface area contributed by atoms with E-state index >= 15 is 0 Å². The molecule has 1 saturated heterocycles. The van der Waals surface area contributed by atoms with E-state index in [2.05, 4.69) is 27.7 Å². The molecule has 0 spiro atoms. The molecule has 1 aliphatic heterocycles. The van der Waals surface area contributed by atoms with E-state index in [1.165, 1.54) is 0 Å². The molecular formula is C15H13BrN2O2. The standard InChI is InChI=1S/C15H13BrN2O2/c1-2-10-7-14(19)18(9-10)15-8-13(17-20-15)11-3-5-12(16)6-4-11/h2-6,8,10H,1,7,9H2. The highest BCUT2D eigenvalue weighted by Crippen LogP contribution is 2.29. The molecule has 1 amide bonds. The molecule has 0 N–H and O–H groups in total. The lowest BCUT2D eigenvalue weighted by Crippen LogP contribution is -2.23. The summed E-state index contributed by atoms with van der Waals surface area (Å²) in [4.78, 5) is 13.5. The first kappa shape index (κ1) is 13.1. The quantitative estimate of drug-likeness (QED) is 0.806. The number of amides is 1. The second-order valence-electron chi connectivity index (χ2n) is 4.76. The normalized spacial score (nSPS) is 18.6. The van der Waals surface area contributed by atoms with Crippen LogP contribution >= 0.6 is 15.9 Å². The molecule has 3 rings (SSSR count). The molecule has 1 unspecified atom stereocenters. The molecule has 2 aromatic rings. The molecule has 1 aromatic heterocycles. The second kappa shape index (κ2) is 5.25. The van der Waals surface area contributed by atoms with Crippen molar-refractivity contribution in [2.75, 3.05) is 11.4 Å². The van der Waals surface area contributed by atoms with E-state index in [0.717, 1.165) is 15.7 Å². The van der Waals surface area contributed by atoms with Crippen LogP contribution in [0.3, 0.4) is 0 Å². The number of carbonyl (C=O) groups excluding carboxylic acids is 1. The predicted molar refractivity (Wildman–Crippen MR) is 80.3 cm³/mol. The third-order valence-electron chi connectivity index (χ3n) is 3.39. The molecule has 1 aromatic carbocycles. The van der Waals surface area contributed by atoms with Gasteiger partial charge in [0.2, 0.25) is 11.8 Å². The van der Waals surface area contributed by atoms with Crippen LogP contribution in [0.25, 0.3) is 11.3 Å². The Morgan fingerprint density at radius 3 is 2.80 bits per heavy atom. The van der Waals surface area contributed by atoms with Gasteiger partial charge in [0, 0.05) is 35.0 Å². The average molecular weight is 333 g/mol. The summed E-state index contributed by atoms with van der Waals surface area (Å²) in [6.45, 7) is 4.35. The van der Waals surface area contributed by atoms with Crippen molar-refractivity contribution in [3.8, 4) is 11.3 Å². The zero-order valence-electron chi connectivity index (χ0n) is 10.8. The Labute approximate surface area is 125 Å². The molecule has 2 heterocycles. The summed E-state index contributed by atoms with van der Waals surface area (Å²) in [6, 6.07) is 9.58. The first-order valence-electron chi connectivity index (χ1n) is 6.33. The van der Waals surface area contributed by atoms with Gasteiger partial charge in [0.05, 0.1) is 0 Å². The number of nitrogens with zero attached hydrogens (tertiary/aromatic N) is 2. The Balaban J connectivity index is 1.85. The molecule has 0 aliphatic carbocycles. The van der Waals surface area contributed by atoms with Crippen LogP contribution in [0.4, 0.5) is 5.88 Å². The zero-order valence-corrected chi connectivity index (χ0v) is 12.3. The summed E-state index contributed by atoms with van der Waals surface area (Å²) in [6.07, 6.45) is 2.29. The Morgan fingerprint density at radius 2 is 2.15 bits per heavy atom. The van der Waals surface area contributed by atoms with Crippen molar-refractivity contribution in [3.05, 3.63) is 47.5 Å². The SMILES string of the molecule is C=CC1CC(=O)N(c2cc(-c3ccc(Br)cc3)no2)C1. The highest BCUT2D eigenvalue weighted by molar-refractivity contribution is 9.10. The smallest absolute Gasteiger partial charge is 0.234 e. The maximum atomic E-state index is 11.9. The highest BCUT2D eigenvalue weighted by Gasteiger charge is 2.31. The molecule has 0 radical (unpaired) electrons. The molecule has 4 nitrogen and oxygen atoms in total. The third kappa shape index (κ3) is 2.41. The van der Waals surface area contributed by atoms with Crippen molar-refractivity contribution in [1.29, 1.82) is 0 Å². The maximum absolute atomic E-state index is 11.9. The zero-order chi connectivity index (χ0) is 14.1. The van der Waals surface area contributed by atoms with Crippen LogP contribution in [0.1, 0.15) is 6.42 Å². The molecule has 0 bridgehead atoms. The van der Waals surface area contributed by atoms with E-state index in [4.69, 9.17) is 4.52 Å². The van der Waals surface area contributed by atoms with Gasteiger partial charge in [-0.25, -0.2) is 0 Å². The monoisotopic (exact) mass is 332 g/mol. The van der Waals surface area contributed by atoms with E-state index in [-0.39, 0.29) is 11.8 Å². The van der Waals surface area contributed by atoms with Gasteiger partial charge in [0.15, 0.2) is 0 Å². The lowest BCUT2D eigenvalue weighted by atomic mass is 10.1. The summed E-state index contributed by atoms with van der Waals surface area (Å²) in [5.41, 5.74) is 1.68. The van der Waals surface area contributed by atoms with Gasteiger partial charge in [0.25, 0.3) is 0 Å². The molecule has 5 heteroatoms. The summed E-state index contributed by atoms with van der Waals surface area (Å²) in [5, 5.41) is 4.04. The van der Waals surface area contributed by atoms with Crippen LogP contribution in [0.5, 0.6) is 0 Å². The molecule has 0 saturated carbocycles. The van der Waals surface area contributed by atoms with Gasteiger partial charge in [-0.2, -0.15) is 0 Å². The summed E-state index contributed by atoms with van der Waals surface area (Å²) >= 11 is 3.39. The van der Waals surface area contributed by atoms with Gasteiger partial charge in [-0.05, 0) is 12.1 Å². The van der Waals surface area contributed by atoms with Crippen LogP contribution < -0.4 is 4.90 Å². The number of anilines is 1. The van der Waals surface area contributed by atoms with Gasteiger partial charge in [-0.1, -0.05) is 39.3 Å². The fourth-order valence-corrected chi connectivity index (χ4v) is 2.52. The van der Waals surface area contributed by atoms with Crippen LogP contribution in [0.2, 0.25) is 0 Å². The average Bonchev–Trinajstić information content (AvgIpc) is 3.06. The Bertz CT molecular complexity index is 648. The lowest BCUT2D eigenvalue weighted by molar-refractivity contribution is -0.117. The van der Waals surface area contributed by atoms with Crippen molar-refractivity contribution >= 4 is 27.7 Å². The molecule has 20 heavy (non-hydrogen) atoms. The number of aromatic nitrogens is 1. The Kier molecular flexibility index (Phi) is 3.44. The van der Waals surface area contributed by atoms with Crippen LogP contribution in [0.15, 0.2) is 52.0 Å². The first-order chi connectivity index (χ1) is 9.67. The van der Waals surface area contributed by atoms with Crippen LogP contribution in [-0.4, -0.2) is 17.6 Å². The number of benzene rings is 1. The van der Waals surface area contributed by atoms with Gasteiger partial charge in [-0.15, -0.1) is 6.58 Å². The number of hydrogen-bond acceptors (Lipinski definition) is 3. The Morgan fingerprint density at radius 1 is 1.40 bits per heavy atom. The van der Waals surface area contributed by atoms with Gasteiger partial charge in [-0.3, -0.25) is 9.69 Å². The lowest BCUT2D eigenvalue weighted by Gasteiger charge is -2.10. The van der Waals surface area contributed by atoms with Crippen molar-refractivity contribution in [2.45, 2.75) is 6.42 Å². The third-order valence-corrected chi connectivity index (χ3v) is 3.92. The fourth-order valence-electron chi connectivity index (χ4n) is 2.26. The van der Waals surface area contributed by atoms with Gasteiger partial charge in [0.1, 0.15) is 5.69 Å². The van der Waals surface area contributed by atoms with Gasteiger partial charge >= 0.3 is 0 Å². The minimum absolute atomic E-state index is 0.0495. The van der Waals surface area contributed by atoms with E-state index in [1.54, 1.807) is 11.0 Å². The predicted octanol–water partition coefficient (Wildman–Crippen LogP) is 3.64. The minimum atomic E-state index is 0.0495. The van der Waals surface area contributed by atoms with Crippen molar-refractivity contribution in [1.82, 2.24) is 5.16 Å². The van der Waals surface area contributed by atoms with Crippen molar-refractivity contribution < 1.29 is 9.32 Å². The minimum Gasteiger partial charge on any atom is -0.338 e. The topological polar surface area (TPSA) is 46.3 Å². The van der Waals surface area contributed by atoms with Crippen LogP contribution in [0, 0.1) is 5.92 Å². The summed E-state index contributed by atoms with van der Waals surface area (Å²) in [5.74, 6) is 0.731. The maximum Gasteiger partial charge on any atom is 0.234 e. The van der Waals surface area contributed by atoms with E-state index in [0.29, 0.717) is 18.8 Å². The van der Waals surface area contributed by atoms with E-state index in [1.807, 2.05) is 30.3 Å². The number of carbonyl (C=O) groups is 1. The van der Waals surface area contributed by atoms with E-state index in [9.17, 15) is 4.79 Å². The Hall–Kier alpha value is -1.88. The molecule has 1 fully saturated rings. The van der Waals surface area contributed by atoms with E-state index < -0.39 is 0 Å². The molecule has 1 aliphatic rings. The number of hydrogen-bond donors (Lipinski definition) is 0. The number of rotatable bonds is 3. The van der Waals surface area contributed by atoms with Crippen molar-refractivity contribution in [3.63, 3.8) is 0 Å². The molecule has 102 valence electrons.